The Morgan fingerprint density at radius 1 is 0.919 bits per heavy atom. The molecule has 5 rings (SSSR count). The van der Waals surface area contributed by atoms with Crippen molar-refractivity contribution in [3.63, 3.8) is 0 Å². The molecule has 37 heavy (non-hydrogen) atoms. The first-order valence-corrected chi connectivity index (χ1v) is 12.1. The lowest BCUT2D eigenvalue weighted by molar-refractivity contribution is -0.385. The summed E-state index contributed by atoms with van der Waals surface area (Å²) in [4.78, 5) is 34.9. The van der Waals surface area contributed by atoms with Gasteiger partial charge in [0.25, 0.3) is 17.3 Å². The Hall–Kier alpha value is -4.37. The lowest BCUT2D eigenvalue weighted by Crippen LogP contribution is -2.31. The minimum atomic E-state index is -0.456. The molecule has 0 saturated heterocycles. The van der Waals surface area contributed by atoms with Crippen LogP contribution >= 0.6 is 11.6 Å². The Kier molecular flexibility index (Phi) is 6.54. The Bertz CT molecular complexity index is 1430. The predicted octanol–water partition coefficient (Wildman–Crippen LogP) is 6.59. The van der Waals surface area contributed by atoms with E-state index in [1.165, 1.54) is 29.3 Å². The molecule has 2 atom stereocenters. The zero-order chi connectivity index (χ0) is 26.1. The van der Waals surface area contributed by atoms with E-state index in [0.29, 0.717) is 10.6 Å². The average molecular weight is 517 g/mol. The van der Waals surface area contributed by atoms with Gasteiger partial charge in [0.05, 0.1) is 21.6 Å². The van der Waals surface area contributed by atoms with E-state index in [1.807, 2.05) is 6.08 Å². The number of fused-ring (bicyclic) bond motifs is 1. The van der Waals surface area contributed by atoms with Crippen LogP contribution in [0.2, 0.25) is 5.02 Å². The quantitative estimate of drug-likeness (QED) is 0.280. The van der Waals surface area contributed by atoms with Crippen LogP contribution in [0.15, 0.2) is 83.5 Å². The fraction of sp³-hybridized carbons (Fsp3) is 0.185. The van der Waals surface area contributed by atoms with Gasteiger partial charge in [0.2, 0.25) is 0 Å². The zero-order valence-corrected chi connectivity index (χ0v) is 20.2. The van der Waals surface area contributed by atoms with Crippen molar-refractivity contribution >= 4 is 40.7 Å². The average Bonchev–Trinajstić information content (AvgIpc) is 3.30. The van der Waals surface area contributed by atoms with E-state index < -0.39 is 15.9 Å². The van der Waals surface area contributed by atoms with Gasteiger partial charge in [0, 0.05) is 40.8 Å². The van der Waals surface area contributed by atoms with E-state index in [-0.39, 0.29) is 23.2 Å². The second kappa shape index (κ2) is 9.94. The van der Waals surface area contributed by atoms with Gasteiger partial charge in [-0.1, -0.05) is 23.7 Å². The number of nitro benzene ring substituents is 2. The molecule has 0 bridgehead atoms. The van der Waals surface area contributed by atoms with Crippen LogP contribution in [0.25, 0.3) is 6.08 Å². The maximum Gasteiger partial charge on any atom is 0.274 e. The maximum atomic E-state index is 13.6. The van der Waals surface area contributed by atoms with Crippen molar-refractivity contribution in [3.8, 4) is 0 Å². The van der Waals surface area contributed by atoms with Crippen molar-refractivity contribution < 1.29 is 14.6 Å². The van der Waals surface area contributed by atoms with Crippen LogP contribution in [-0.2, 0) is 0 Å². The molecule has 0 aromatic heterocycles. The Labute approximate surface area is 217 Å². The van der Waals surface area contributed by atoms with Gasteiger partial charge in [-0.3, -0.25) is 25.0 Å². The van der Waals surface area contributed by atoms with Crippen molar-refractivity contribution in [3.05, 3.63) is 120 Å². The summed E-state index contributed by atoms with van der Waals surface area (Å²) >= 11 is 6.01. The minimum Gasteiger partial charge on any atom is -0.267 e. The highest BCUT2D eigenvalue weighted by Gasteiger charge is 2.44. The van der Waals surface area contributed by atoms with E-state index in [0.717, 1.165) is 41.7 Å². The van der Waals surface area contributed by atoms with Crippen LogP contribution in [-0.4, -0.2) is 26.5 Å². The topological polar surface area (TPSA) is 119 Å². The molecule has 10 heteroatoms. The molecule has 0 radical (unpaired) electrons. The molecule has 1 heterocycles. The van der Waals surface area contributed by atoms with Gasteiger partial charge in [0.1, 0.15) is 0 Å². The summed E-state index contributed by atoms with van der Waals surface area (Å²) in [5.41, 5.74) is 3.73. The molecule has 1 saturated carbocycles. The van der Waals surface area contributed by atoms with Crippen molar-refractivity contribution in [1.82, 2.24) is 5.01 Å². The number of nitrogens with zero attached hydrogens (tertiary/aromatic N) is 4. The Morgan fingerprint density at radius 2 is 1.51 bits per heavy atom. The molecular formula is C27H21ClN4O5. The molecule has 0 N–H and O–H groups in total. The number of nitro groups is 2. The second-order valence-electron chi connectivity index (χ2n) is 8.95. The molecule has 1 amide bonds. The predicted molar refractivity (Wildman–Crippen MR) is 139 cm³/mol. The smallest absolute Gasteiger partial charge is 0.267 e. The van der Waals surface area contributed by atoms with E-state index in [1.54, 1.807) is 48.5 Å². The highest BCUT2D eigenvalue weighted by molar-refractivity contribution is 6.30. The van der Waals surface area contributed by atoms with Crippen LogP contribution in [0.3, 0.4) is 0 Å². The molecule has 0 unspecified atom stereocenters. The normalized spacial score (nSPS) is 19.9. The third-order valence-electron chi connectivity index (χ3n) is 6.69. The Morgan fingerprint density at radius 3 is 2.11 bits per heavy atom. The Balaban J connectivity index is 1.55. The van der Waals surface area contributed by atoms with Crippen LogP contribution in [0.1, 0.15) is 46.8 Å². The van der Waals surface area contributed by atoms with Gasteiger partial charge >= 0.3 is 0 Å². The van der Waals surface area contributed by atoms with Gasteiger partial charge in [-0.15, -0.1) is 0 Å². The number of amides is 1. The first kappa shape index (κ1) is 24.3. The number of benzene rings is 3. The number of carbonyl (C=O) groups is 1. The molecule has 3 aromatic carbocycles. The molecular weight excluding hydrogens is 496 g/mol. The van der Waals surface area contributed by atoms with E-state index in [4.69, 9.17) is 16.7 Å². The number of halogens is 1. The van der Waals surface area contributed by atoms with Crippen molar-refractivity contribution in [2.45, 2.75) is 25.3 Å². The monoisotopic (exact) mass is 516 g/mol. The van der Waals surface area contributed by atoms with E-state index in [2.05, 4.69) is 0 Å². The van der Waals surface area contributed by atoms with Gasteiger partial charge < -0.3 is 0 Å². The number of allylic oxidation sites excluding steroid dienone is 1. The highest BCUT2D eigenvalue weighted by atomic mass is 35.5. The largest absolute Gasteiger partial charge is 0.274 e. The standard InChI is InChI=1S/C27H21ClN4O5/c28-21-10-6-19(7-11-21)27(33)30-26(18-8-14-23(15-9-18)32(36)37)24-3-1-2-20(25(24)29-30)16-17-4-12-22(13-5-17)31(34)35/h4-16,24,26H,1-3H2/b20-16+/t24-,26+/m0/s1. The van der Waals surface area contributed by atoms with Crippen LogP contribution in [0.4, 0.5) is 11.4 Å². The van der Waals surface area contributed by atoms with Crippen LogP contribution in [0, 0.1) is 26.1 Å². The number of non-ortho nitro benzene ring substituents is 2. The van der Waals surface area contributed by atoms with E-state index >= 15 is 0 Å². The summed E-state index contributed by atoms with van der Waals surface area (Å²) in [6.45, 7) is 0. The minimum absolute atomic E-state index is 0.0137. The third kappa shape index (κ3) is 4.85. The summed E-state index contributed by atoms with van der Waals surface area (Å²) in [6, 6.07) is 18.7. The van der Waals surface area contributed by atoms with E-state index in [9.17, 15) is 25.0 Å². The second-order valence-corrected chi connectivity index (χ2v) is 9.39. The molecule has 1 aliphatic heterocycles. The number of carbonyl (C=O) groups excluding carboxylic acids is 1. The van der Waals surface area contributed by atoms with Gasteiger partial charge in [-0.25, -0.2) is 5.01 Å². The van der Waals surface area contributed by atoms with Crippen molar-refractivity contribution in [2.75, 3.05) is 0 Å². The van der Waals surface area contributed by atoms with Crippen LogP contribution in [0.5, 0.6) is 0 Å². The van der Waals surface area contributed by atoms with Crippen LogP contribution < -0.4 is 0 Å². The molecule has 2 aliphatic rings. The summed E-state index contributed by atoms with van der Waals surface area (Å²) in [6.07, 6.45) is 4.37. The molecule has 9 nitrogen and oxygen atoms in total. The van der Waals surface area contributed by atoms with Gasteiger partial charge in [-0.05, 0) is 78.4 Å². The number of hydrazone groups is 1. The SMILES string of the molecule is O=C(c1ccc(Cl)cc1)N1N=C2/C(=C/c3ccc([N+](=O)[O-])cc3)CCC[C@@H]2[C@H]1c1ccc([N+](=O)[O-])cc1. The number of hydrogen-bond donors (Lipinski definition) is 0. The molecule has 3 aromatic rings. The van der Waals surface area contributed by atoms with Crippen molar-refractivity contribution in [1.29, 1.82) is 0 Å². The number of hydrogen-bond acceptors (Lipinski definition) is 6. The summed E-state index contributed by atoms with van der Waals surface area (Å²) in [5, 5.41) is 29.0. The van der Waals surface area contributed by atoms with Gasteiger partial charge in [0.15, 0.2) is 0 Å². The lowest BCUT2D eigenvalue weighted by atomic mass is 9.77. The molecule has 1 fully saturated rings. The fourth-order valence-electron chi connectivity index (χ4n) is 4.91. The summed E-state index contributed by atoms with van der Waals surface area (Å²) < 4.78 is 0. The molecule has 1 aliphatic carbocycles. The molecule has 186 valence electrons. The summed E-state index contributed by atoms with van der Waals surface area (Å²) in [5.74, 6) is -0.396. The van der Waals surface area contributed by atoms with Gasteiger partial charge in [-0.2, -0.15) is 5.10 Å². The molecule has 0 spiro atoms. The first-order valence-electron chi connectivity index (χ1n) is 11.7. The number of rotatable bonds is 5. The lowest BCUT2D eigenvalue weighted by Gasteiger charge is -2.29. The zero-order valence-electron chi connectivity index (χ0n) is 19.5. The third-order valence-corrected chi connectivity index (χ3v) is 6.94. The summed E-state index contributed by atoms with van der Waals surface area (Å²) in [7, 11) is 0. The first-order chi connectivity index (χ1) is 17.8. The highest BCUT2D eigenvalue weighted by Crippen LogP contribution is 2.45. The van der Waals surface area contributed by atoms with Crippen molar-refractivity contribution in [2.24, 2.45) is 11.0 Å². The fourth-order valence-corrected chi connectivity index (χ4v) is 5.04. The maximum absolute atomic E-state index is 13.6.